The van der Waals surface area contributed by atoms with Crippen molar-refractivity contribution in [3.05, 3.63) is 0 Å². The minimum Gasteiger partial charge on any atom is -0.354 e. The zero-order chi connectivity index (χ0) is 14.5. The molecule has 0 radical (unpaired) electrons. The molecule has 3 atom stereocenters. The highest BCUT2D eigenvalue weighted by Crippen LogP contribution is 2.35. The quantitative estimate of drug-likeness (QED) is 0.779. The van der Waals surface area contributed by atoms with Crippen LogP contribution in [0.1, 0.15) is 39.5 Å². The number of likely N-dealkylation sites (N-methyl/N-ethyl adjacent to an activating group) is 1. The Morgan fingerprint density at radius 3 is 2.48 bits per heavy atom. The summed E-state index contributed by atoms with van der Waals surface area (Å²) in [5, 5.41) is 6.21. The van der Waals surface area contributed by atoms with Crippen LogP contribution in [0.4, 0.5) is 0 Å². The summed E-state index contributed by atoms with van der Waals surface area (Å²) >= 11 is 0. The second-order valence-corrected chi connectivity index (χ2v) is 6.50. The van der Waals surface area contributed by atoms with Gasteiger partial charge in [-0.15, -0.1) is 24.8 Å². The lowest BCUT2D eigenvalue weighted by Gasteiger charge is -2.45. The molecule has 0 heterocycles. The predicted molar refractivity (Wildman–Crippen MR) is 94.6 cm³/mol. The van der Waals surface area contributed by atoms with Crippen LogP contribution in [0.3, 0.4) is 0 Å². The molecule has 0 bridgehead atoms. The van der Waals surface area contributed by atoms with E-state index >= 15 is 0 Å². The van der Waals surface area contributed by atoms with Crippen molar-refractivity contribution in [1.82, 2.24) is 15.5 Å². The van der Waals surface area contributed by atoms with Gasteiger partial charge in [-0.25, -0.2) is 0 Å². The number of carbonyl (C=O) groups excluding carboxylic acids is 1. The summed E-state index contributed by atoms with van der Waals surface area (Å²) in [5.74, 6) is 0.946. The first kappa shape index (κ1) is 23.2. The van der Waals surface area contributed by atoms with Crippen molar-refractivity contribution in [2.75, 3.05) is 34.2 Å². The van der Waals surface area contributed by atoms with Crippen LogP contribution in [0.5, 0.6) is 0 Å². The monoisotopic (exact) mass is 341 g/mol. The first-order chi connectivity index (χ1) is 8.91. The van der Waals surface area contributed by atoms with E-state index in [1.807, 2.05) is 14.0 Å². The van der Waals surface area contributed by atoms with Crippen LogP contribution < -0.4 is 10.6 Å². The molecule has 1 aliphatic carbocycles. The van der Waals surface area contributed by atoms with Gasteiger partial charge in [0, 0.05) is 24.5 Å². The summed E-state index contributed by atoms with van der Waals surface area (Å²) in [6.45, 7) is 5.80. The maximum Gasteiger partial charge on any atom is 0.224 e. The van der Waals surface area contributed by atoms with Gasteiger partial charge in [-0.2, -0.15) is 0 Å². The fourth-order valence-corrected chi connectivity index (χ4v) is 3.18. The van der Waals surface area contributed by atoms with Crippen molar-refractivity contribution in [1.29, 1.82) is 0 Å². The summed E-state index contributed by atoms with van der Waals surface area (Å²) in [6.07, 6.45) is 4.95. The lowest BCUT2D eigenvalue weighted by atomic mass is 9.75. The van der Waals surface area contributed by atoms with Crippen LogP contribution in [0.2, 0.25) is 0 Å². The van der Waals surface area contributed by atoms with E-state index in [0.717, 1.165) is 19.0 Å². The zero-order valence-electron chi connectivity index (χ0n) is 14.1. The van der Waals surface area contributed by atoms with Crippen molar-refractivity contribution in [3.8, 4) is 0 Å². The SMILES string of the molecule is CNCC(C)C(=O)NCC1(N(C)C)CCCC(C)C1.Cl.Cl. The lowest BCUT2D eigenvalue weighted by Crippen LogP contribution is -2.55. The molecule has 0 saturated heterocycles. The molecule has 0 aromatic rings. The molecular weight excluding hydrogens is 309 g/mol. The summed E-state index contributed by atoms with van der Waals surface area (Å²) < 4.78 is 0. The van der Waals surface area contributed by atoms with Crippen molar-refractivity contribution in [3.63, 3.8) is 0 Å². The van der Waals surface area contributed by atoms with Crippen molar-refractivity contribution in [2.45, 2.75) is 45.1 Å². The third kappa shape index (κ3) is 6.72. The van der Waals surface area contributed by atoms with E-state index in [1.54, 1.807) is 0 Å². The summed E-state index contributed by atoms with van der Waals surface area (Å²) in [4.78, 5) is 14.4. The molecule has 1 saturated carbocycles. The Balaban J connectivity index is 0. The average Bonchev–Trinajstić information content (AvgIpc) is 2.36. The lowest BCUT2D eigenvalue weighted by molar-refractivity contribution is -0.125. The molecule has 2 N–H and O–H groups in total. The normalized spacial score (nSPS) is 26.5. The highest BCUT2D eigenvalue weighted by atomic mass is 35.5. The van der Waals surface area contributed by atoms with E-state index in [4.69, 9.17) is 0 Å². The Morgan fingerprint density at radius 1 is 1.38 bits per heavy atom. The number of hydrogen-bond donors (Lipinski definition) is 2. The number of amides is 1. The van der Waals surface area contributed by atoms with E-state index in [-0.39, 0.29) is 42.2 Å². The number of nitrogens with zero attached hydrogens (tertiary/aromatic N) is 1. The van der Waals surface area contributed by atoms with Gasteiger partial charge in [0.15, 0.2) is 0 Å². The molecule has 0 aromatic carbocycles. The molecule has 1 rings (SSSR count). The average molecular weight is 342 g/mol. The van der Waals surface area contributed by atoms with Gasteiger partial charge in [0.25, 0.3) is 0 Å². The third-order valence-corrected chi connectivity index (χ3v) is 4.57. The Bertz CT molecular complexity index is 303. The molecule has 128 valence electrons. The molecule has 21 heavy (non-hydrogen) atoms. The topological polar surface area (TPSA) is 44.4 Å². The molecule has 3 unspecified atom stereocenters. The fraction of sp³-hybridized carbons (Fsp3) is 0.933. The predicted octanol–water partition coefficient (Wildman–Crippen LogP) is 2.31. The second-order valence-electron chi connectivity index (χ2n) is 6.50. The number of halogens is 2. The zero-order valence-corrected chi connectivity index (χ0v) is 15.7. The largest absolute Gasteiger partial charge is 0.354 e. The molecule has 0 spiro atoms. The molecule has 6 heteroatoms. The molecule has 0 aliphatic heterocycles. The Labute approximate surface area is 142 Å². The molecule has 1 aliphatic rings. The van der Waals surface area contributed by atoms with E-state index in [2.05, 4.69) is 36.6 Å². The number of nitrogens with one attached hydrogen (secondary N) is 2. The van der Waals surface area contributed by atoms with Crippen LogP contribution in [0.25, 0.3) is 0 Å². The second kappa shape index (κ2) is 10.7. The van der Waals surface area contributed by atoms with Gasteiger partial charge >= 0.3 is 0 Å². The van der Waals surface area contributed by atoms with Gasteiger partial charge in [0.2, 0.25) is 5.91 Å². The van der Waals surface area contributed by atoms with E-state index in [1.165, 1.54) is 25.7 Å². The van der Waals surface area contributed by atoms with Crippen LogP contribution in [0, 0.1) is 11.8 Å². The minimum atomic E-state index is 0. The van der Waals surface area contributed by atoms with E-state index in [9.17, 15) is 4.79 Å². The Kier molecular flexibility index (Phi) is 11.8. The van der Waals surface area contributed by atoms with Crippen molar-refractivity contribution in [2.24, 2.45) is 11.8 Å². The van der Waals surface area contributed by atoms with Gasteiger partial charge in [-0.05, 0) is 39.9 Å². The molecule has 0 aromatic heterocycles. The van der Waals surface area contributed by atoms with Gasteiger partial charge in [0.05, 0.1) is 0 Å². The Hall–Kier alpha value is -0.0300. The van der Waals surface area contributed by atoms with Gasteiger partial charge in [-0.1, -0.05) is 26.7 Å². The summed E-state index contributed by atoms with van der Waals surface area (Å²) in [6, 6.07) is 0. The minimum absolute atomic E-state index is 0. The highest BCUT2D eigenvalue weighted by molar-refractivity contribution is 5.85. The first-order valence-corrected chi connectivity index (χ1v) is 7.51. The van der Waals surface area contributed by atoms with Gasteiger partial charge in [-0.3, -0.25) is 4.79 Å². The van der Waals surface area contributed by atoms with Crippen LogP contribution in [0.15, 0.2) is 0 Å². The van der Waals surface area contributed by atoms with Crippen LogP contribution in [-0.4, -0.2) is 50.6 Å². The first-order valence-electron chi connectivity index (χ1n) is 7.51. The van der Waals surface area contributed by atoms with E-state index in [0.29, 0.717) is 0 Å². The van der Waals surface area contributed by atoms with Crippen LogP contribution in [-0.2, 0) is 4.79 Å². The van der Waals surface area contributed by atoms with E-state index < -0.39 is 0 Å². The van der Waals surface area contributed by atoms with Gasteiger partial charge < -0.3 is 15.5 Å². The maximum absolute atomic E-state index is 12.1. The summed E-state index contributed by atoms with van der Waals surface area (Å²) in [7, 11) is 6.16. The molecule has 1 amide bonds. The van der Waals surface area contributed by atoms with Crippen molar-refractivity contribution >= 4 is 30.7 Å². The number of carbonyl (C=O) groups is 1. The highest BCUT2D eigenvalue weighted by Gasteiger charge is 2.37. The van der Waals surface area contributed by atoms with Crippen LogP contribution >= 0.6 is 24.8 Å². The molecule has 1 fully saturated rings. The summed E-state index contributed by atoms with van der Waals surface area (Å²) in [5.41, 5.74) is 0.146. The smallest absolute Gasteiger partial charge is 0.224 e. The standard InChI is InChI=1S/C15H31N3O.2ClH/c1-12-7-6-8-15(9-12,18(4)5)11-17-14(19)13(2)10-16-3;;/h12-13,16H,6-11H2,1-5H3,(H,17,19);2*1H. The van der Waals surface area contributed by atoms with Gasteiger partial charge in [0.1, 0.15) is 0 Å². The van der Waals surface area contributed by atoms with Crippen molar-refractivity contribution < 1.29 is 4.79 Å². The fourth-order valence-electron chi connectivity index (χ4n) is 3.18. The number of rotatable bonds is 6. The maximum atomic E-state index is 12.1. The third-order valence-electron chi connectivity index (χ3n) is 4.57. The number of hydrogen-bond acceptors (Lipinski definition) is 3. The Morgan fingerprint density at radius 2 is 2.00 bits per heavy atom. The molecule has 4 nitrogen and oxygen atoms in total. The molecular formula is C15H33Cl2N3O.